The standard InChI is InChI=1S/C31H48O5/c1-18(2)9-8-10-21(28(34)35)27-23-11-12-26-29(5)15-14-24(33)19(3)22(29)13-16-30(26,6)31(23,7)17-25(27)36-20(4)32/h9,19,22-26,33H,8,10-17H2,1-7H3,(H,34,35)/t19-,22-,23-,24+,25+,26-,29-,30-,31-/m0/s1. The van der Waals surface area contributed by atoms with Gasteiger partial charge in [0.25, 0.3) is 0 Å². The number of aliphatic hydroxyl groups is 1. The Morgan fingerprint density at radius 1 is 1.03 bits per heavy atom. The van der Waals surface area contributed by atoms with E-state index in [4.69, 9.17) is 4.74 Å². The molecule has 4 rings (SSSR count). The molecular formula is C31H48O5. The first-order valence-electron chi connectivity index (χ1n) is 14.2. The predicted molar refractivity (Wildman–Crippen MR) is 141 cm³/mol. The highest BCUT2D eigenvalue weighted by atomic mass is 16.5. The number of fused-ring (bicyclic) bond motifs is 5. The van der Waals surface area contributed by atoms with E-state index in [2.05, 4.69) is 33.8 Å². The van der Waals surface area contributed by atoms with E-state index in [1.54, 1.807) is 0 Å². The smallest absolute Gasteiger partial charge is 0.331 e. The Morgan fingerprint density at radius 3 is 2.33 bits per heavy atom. The van der Waals surface area contributed by atoms with Gasteiger partial charge < -0.3 is 14.9 Å². The van der Waals surface area contributed by atoms with Crippen molar-refractivity contribution in [3.8, 4) is 0 Å². The molecule has 0 radical (unpaired) electrons. The van der Waals surface area contributed by atoms with Crippen molar-refractivity contribution in [2.24, 2.45) is 39.9 Å². The molecule has 4 saturated carbocycles. The van der Waals surface area contributed by atoms with Gasteiger partial charge in [0.15, 0.2) is 0 Å². The van der Waals surface area contributed by atoms with E-state index >= 15 is 0 Å². The Morgan fingerprint density at radius 2 is 1.72 bits per heavy atom. The Balaban J connectivity index is 1.77. The van der Waals surface area contributed by atoms with E-state index in [1.807, 2.05) is 13.8 Å². The third-order valence-electron chi connectivity index (χ3n) is 11.6. The molecule has 9 atom stereocenters. The third-order valence-corrected chi connectivity index (χ3v) is 11.6. The van der Waals surface area contributed by atoms with Crippen molar-refractivity contribution < 1.29 is 24.5 Å². The molecule has 0 aromatic heterocycles. The number of aliphatic carboxylic acids is 1. The fraction of sp³-hybridized carbons (Fsp3) is 0.806. The zero-order valence-electron chi connectivity index (χ0n) is 23.5. The number of carboxylic acid groups (broad SMARTS) is 1. The molecule has 0 amide bonds. The van der Waals surface area contributed by atoms with Crippen molar-refractivity contribution in [3.63, 3.8) is 0 Å². The topological polar surface area (TPSA) is 83.8 Å². The number of hydrogen-bond donors (Lipinski definition) is 2. The number of aliphatic hydroxyl groups excluding tert-OH is 1. The van der Waals surface area contributed by atoms with Crippen LogP contribution in [0.2, 0.25) is 0 Å². The van der Waals surface area contributed by atoms with Gasteiger partial charge in [-0.1, -0.05) is 39.3 Å². The molecular weight excluding hydrogens is 452 g/mol. The maximum absolute atomic E-state index is 12.6. The van der Waals surface area contributed by atoms with E-state index < -0.39 is 12.1 Å². The highest BCUT2D eigenvalue weighted by Crippen LogP contribution is 2.74. The lowest BCUT2D eigenvalue weighted by atomic mass is 9.37. The zero-order valence-corrected chi connectivity index (χ0v) is 23.5. The molecule has 2 N–H and O–H groups in total. The summed E-state index contributed by atoms with van der Waals surface area (Å²) in [5, 5.41) is 21.0. The molecule has 0 aromatic rings. The van der Waals surface area contributed by atoms with Crippen LogP contribution in [0.15, 0.2) is 22.8 Å². The van der Waals surface area contributed by atoms with Crippen LogP contribution < -0.4 is 0 Å². The van der Waals surface area contributed by atoms with Crippen molar-refractivity contribution in [2.45, 2.75) is 118 Å². The number of rotatable bonds is 5. The highest BCUT2D eigenvalue weighted by molar-refractivity contribution is 5.88. The lowest BCUT2D eigenvalue weighted by Crippen LogP contribution is -2.61. The minimum Gasteiger partial charge on any atom is -0.478 e. The van der Waals surface area contributed by atoms with Crippen LogP contribution in [0.1, 0.15) is 106 Å². The average molecular weight is 501 g/mol. The molecule has 4 fully saturated rings. The lowest BCUT2D eigenvalue weighted by Gasteiger charge is -2.68. The Hall–Kier alpha value is -1.62. The van der Waals surface area contributed by atoms with E-state index in [0.29, 0.717) is 42.6 Å². The maximum Gasteiger partial charge on any atom is 0.331 e. The number of carboxylic acids is 1. The normalized spacial score (nSPS) is 45.1. The van der Waals surface area contributed by atoms with Gasteiger partial charge in [-0.25, -0.2) is 4.79 Å². The summed E-state index contributed by atoms with van der Waals surface area (Å²) in [5.41, 5.74) is 2.62. The molecule has 0 bridgehead atoms. The quantitative estimate of drug-likeness (QED) is 0.249. The molecule has 0 aliphatic heterocycles. The fourth-order valence-corrected chi connectivity index (χ4v) is 9.72. The molecule has 0 aromatic carbocycles. The summed E-state index contributed by atoms with van der Waals surface area (Å²) in [7, 11) is 0. The van der Waals surface area contributed by atoms with Crippen molar-refractivity contribution >= 4 is 11.9 Å². The molecule has 4 aliphatic rings. The van der Waals surface area contributed by atoms with Gasteiger partial charge in [-0.15, -0.1) is 0 Å². The van der Waals surface area contributed by atoms with Gasteiger partial charge in [-0.2, -0.15) is 0 Å². The minimum absolute atomic E-state index is 0.0346. The summed E-state index contributed by atoms with van der Waals surface area (Å²) < 4.78 is 5.92. The molecule has 0 spiro atoms. The first-order valence-corrected chi connectivity index (χ1v) is 14.2. The van der Waals surface area contributed by atoms with Crippen LogP contribution in [0.5, 0.6) is 0 Å². The average Bonchev–Trinajstić information content (AvgIpc) is 3.05. The molecule has 0 heterocycles. The second-order valence-corrected chi connectivity index (χ2v) is 13.5. The number of allylic oxidation sites excluding steroid dienone is 2. The second-order valence-electron chi connectivity index (χ2n) is 13.5. The summed E-state index contributed by atoms with van der Waals surface area (Å²) in [6, 6.07) is 0. The van der Waals surface area contributed by atoms with E-state index in [9.17, 15) is 19.8 Å². The van der Waals surface area contributed by atoms with Crippen molar-refractivity contribution in [1.29, 1.82) is 0 Å². The van der Waals surface area contributed by atoms with Gasteiger partial charge in [0.05, 0.1) is 6.10 Å². The number of hydrogen-bond acceptors (Lipinski definition) is 4. The van der Waals surface area contributed by atoms with Crippen molar-refractivity contribution in [2.75, 3.05) is 0 Å². The van der Waals surface area contributed by atoms with Gasteiger partial charge in [-0.3, -0.25) is 4.79 Å². The van der Waals surface area contributed by atoms with Crippen molar-refractivity contribution in [3.05, 3.63) is 22.8 Å². The maximum atomic E-state index is 12.6. The summed E-state index contributed by atoms with van der Waals surface area (Å²) in [6.07, 6.45) is 9.44. The van der Waals surface area contributed by atoms with Crippen LogP contribution in [0.25, 0.3) is 0 Å². The number of carbonyl (C=O) groups excluding carboxylic acids is 1. The number of ether oxygens (including phenoxy) is 1. The first-order chi connectivity index (χ1) is 16.8. The molecule has 0 saturated heterocycles. The monoisotopic (exact) mass is 500 g/mol. The molecule has 0 unspecified atom stereocenters. The van der Waals surface area contributed by atoms with Gasteiger partial charge >= 0.3 is 11.9 Å². The first kappa shape index (κ1) is 27.4. The summed E-state index contributed by atoms with van der Waals surface area (Å²) in [5.74, 6) is 0.288. The van der Waals surface area contributed by atoms with Gasteiger partial charge in [0.1, 0.15) is 6.10 Å². The van der Waals surface area contributed by atoms with Crippen LogP contribution in [-0.2, 0) is 14.3 Å². The number of carbonyl (C=O) groups is 2. The van der Waals surface area contributed by atoms with Crippen LogP contribution in [0.4, 0.5) is 0 Å². The van der Waals surface area contributed by atoms with Crippen LogP contribution in [0.3, 0.4) is 0 Å². The molecule has 202 valence electrons. The molecule has 5 heteroatoms. The molecule has 4 aliphatic carbocycles. The second kappa shape index (κ2) is 9.60. The third kappa shape index (κ3) is 4.18. The largest absolute Gasteiger partial charge is 0.478 e. The fourth-order valence-electron chi connectivity index (χ4n) is 9.72. The Bertz CT molecular complexity index is 960. The van der Waals surface area contributed by atoms with Gasteiger partial charge in [-0.05, 0) is 117 Å². The lowest BCUT2D eigenvalue weighted by molar-refractivity contribution is -0.198. The van der Waals surface area contributed by atoms with Crippen LogP contribution in [-0.4, -0.2) is 34.4 Å². The van der Waals surface area contributed by atoms with Crippen molar-refractivity contribution in [1.82, 2.24) is 0 Å². The molecule has 5 nitrogen and oxygen atoms in total. The van der Waals surface area contributed by atoms with Crippen LogP contribution in [0, 0.1) is 39.9 Å². The predicted octanol–water partition coefficient (Wildman–Crippen LogP) is 6.70. The summed E-state index contributed by atoms with van der Waals surface area (Å²) >= 11 is 0. The summed E-state index contributed by atoms with van der Waals surface area (Å²) in [4.78, 5) is 24.8. The highest BCUT2D eigenvalue weighted by Gasteiger charge is 2.68. The Kier molecular flexibility index (Phi) is 7.31. The van der Waals surface area contributed by atoms with E-state index in [-0.39, 0.29) is 34.2 Å². The minimum atomic E-state index is -0.869. The SMILES string of the molecule is CC(=O)O[C@@H]1C[C@@]2(C)[C@@H](CC[C@H]3[C@@]4(C)CC[C@@H](O)[C@@H](C)[C@@H]4CC[C@@]32C)C1=C(CCC=C(C)C)C(=O)O. The number of esters is 1. The van der Waals surface area contributed by atoms with E-state index in [0.717, 1.165) is 44.1 Å². The molecule has 36 heavy (non-hydrogen) atoms. The van der Waals surface area contributed by atoms with E-state index in [1.165, 1.54) is 12.5 Å². The zero-order chi connectivity index (χ0) is 26.6. The van der Waals surface area contributed by atoms with Gasteiger partial charge in [0.2, 0.25) is 0 Å². The Labute approximate surface area is 217 Å². The van der Waals surface area contributed by atoms with Crippen LogP contribution >= 0.6 is 0 Å². The van der Waals surface area contributed by atoms with Gasteiger partial charge in [0, 0.05) is 12.5 Å². The summed E-state index contributed by atoms with van der Waals surface area (Å²) in [6.45, 7) is 15.0.